The minimum atomic E-state index is -0.629. The van der Waals surface area contributed by atoms with Crippen LogP contribution < -0.4 is 16.9 Å². The molecule has 0 fully saturated rings. The van der Waals surface area contributed by atoms with Gasteiger partial charge in [-0.15, -0.1) is 0 Å². The van der Waals surface area contributed by atoms with Crippen molar-refractivity contribution in [3.63, 3.8) is 0 Å². The SMILES string of the molecule is CCC(CN)CC(=O)NOCC(N)=O. The Morgan fingerprint density at radius 1 is 1.50 bits per heavy atom. The monoisotopic (exact) mass is 203 g/mol. The first-order chi connectivity index (χ1) is 6.60. The lowest BCUT2D eigenvalue weighted by atomic mass is 10.0. The van der Waals surface area contributed by atoms with Crippen LogP contribution in [0.3, 0.4) is 0 Å². The number of hydrogen-bond acceptors (Lipinski definition) is 4. The third-order valence-electron chi connectivity index (χ3n) is 1.79. The normalized spacial score (nSPS) is 12.1. The molecule has 0 bridgehead atoms. The van der Waals surface area contributed by atoms with E-state index < -0.39 is 5.91 Å². The second-order valence-corrected chi connectivity index (χ2v) is 2.99. The van der Waals surface area contributed by atoms with Gasteiger partial charge < -0.3 is 11.5 Å². The first-order valence-electron chi connectivity index (χ1n) is 4.49. The molecule has 2 amide bonds. The molecule has 0 aromatic carbocycles. The van der Waals surface area contributed by atoms with E-state index in [0.29, 0.717) is 13.0 Å². The standard InChI is InChI=1S/C8H17N3O3/c1-2-6(4-9)3-8(13)11-14-5-7(10)12/h6H,2-5,9H2,1H3,(H2,10,12)(H,11,13). The molecule has 1 atom stereocenters. The lowest BCUT2D eigenvalue weighted by molar-refractivity contribution is -0.138. The summed E-state index contributed by atoms with van der Waals surface area (Å²) in [4.78, 5) is 25.9. The van der Waals surface area contributed by atoms with Crippen LogP contribution in [0.5, 0.6) is 0 Å². The van der Waals surface area contributed by atoms with Crippen LogP contribution in [0.25, 0.3) is 0 Å². The van der Waals surface area contributed by atoms with E-state index in [1.807, 2.05) is 6.92 Å². The number of carbonyl (C=O) groups is 2. The summed E-state index contributed by atoms with van der Waals surface area (Å²) in [7, 11) is 0. The quantitative estimate of drug-likeness (QED) is 0.456. The molecule has 0 spiro atoms. The number of nitrogens with one attached hydrogen (secondary N) is 1. The highest BCUT2D eigenvalue weighted by Gasteiger charge is 2.10. The van der Waals surface area contributed by atoms with Crippen molar-refractivity contribution >= 4 is 11.8 Å². The van der Waals surface area contributed by atoms with Gasteiger partial charge in [-0.25, -0.2) is 5.48 Å². The van der Waals surface area contributed by atoms with Gasteiger partial charge >= 0.3 is 0 Å². The lowest BCUT2D eigenvalue weighted by Crippen LogP contribution is -2.31. The van der Waals surface area contributed by atoms with Crippen LogP contribution in [0.2, 0.25) is 0 Å². The molecule has 0 aliphatic rings. The third kappa shape index (κ3) is 6.38. The molecular formula is C8H17N3O3. The largest absolute Gasteiger partial charge is 0.368 e. The van der Waals surface area contributed by atoms with Crippen molar-refractivity contribution in [3.05, 3.63) is 0 Å². The summed E-state index contributed by atoms with van der Waals surface area (Å²) in [5, 5.41) is 0. The van der Waals surface area contributed by atoms with Crippen molar-refractivity contribution in [3.8, 4) is 0 Å². The summed E-state index contributed by atoms with van der Waals surface area (Å²) < 4.78 is 0. The van der Waals surface area contributed by atoms with Crippen LogP contribution in [-0.2, 0) is 14.4 Å². The number of rotatable bonds is 7. The zero-order valence-corrected chi connectivity index (χ0v) is 8.29. The van der Waals surface area contributed by atoms with Crippen molar-refractivity contribution < 1.29 is 14.4 Å². The van der Waals surface area contributed by atoms with Crippen molar-refractivity contribution in [2.45, 2.75) is 19.8 Å². The van der Waals surface area contributed by atoms with Crippen LogP contribution in [0, 0.1) is 5.92 Å². The summed E-state index contributed by atoms with van der Waals surface area (Å²) in [5.74, 6) is -0.771. The van der Waals surface area contributed by atoms with Gasteiger partial charge in [0.2, 0.25) is 11.8 Å². The highest BCUT2D eigenvalue weighted by atomic mass is 16.7. The van der Waals surface area contributed by atoms with Crippen LogP contribution >= 0.6 is 0 Å². The fraction of sp³-hybridized carbons (Fsp3) is 0.750. The number of nitrogens with two attached hydrogens (primary N) is 2. The molecule has 0 saturated heterocycles. The number of hydrogen-bond donors (Lipinski definition) is 3. The molecule has 0 saturated carbocycles. The predicted molar refractivity (Wildman–Crippen MR) is 50.7 cm³/mol. The maximum atomic E-state index is 11.1. The summed E-state index contributed by atoms with van der Waals surface area (Å²) in [6.07, 6.45) is 1.13. The van der Waals surface area contributed by atoms with E-state index in [1.54, 1.807) is 0 Å². The van der Waals surface area contributed by atoms with Gasteiger partial charge in [0, 0.05) is 6.42 Å². The summed E-state index contributed by atoms with van der Waals surface area (Å²) in [6.45, 7) is 2.10. The molecule has 0 heterocycles. The second-order valence-electron chi connectivity index (χ2n) is 2.99. The first kappa shape index (κ1) is 12.9. The van der Waals surface area contributed by atoms with Crippen molar-refractivity contribution in [1.29, 1.82) is 0 Å². The van der Waals surface area contributed by atoms with E-state index in [1.165, 1.54) is 0 Å². The highest BCUT2D eigenvalue weighted by molar-refractivity contribution is 5.77. The molecule has 5 N–H and O–H groups in total. The molecule has 0 aromatic heterocycles. The van der Waals surface area contributed by atoms with Gasteiger partial charge in [0.25, 0.3) is 0 Å². The molecule has 0 aliphatic carbocycles. The fourth-order valence-electron chi connectivity index (χ4n) is 0.886. The second kappa shape index (κ2) is 7.28. The van der Waals surface area contributed by atoms with Crippen LogP contribution in [0.15, 0.2) is 0 Å². The molecule has 6 heteroatoms. The average molecular weight is 203 g/mol. The Kier molecular flexibility index (Phi) is 6.69. The maximum Gasteiger partial charge on any atom is 0.246 e. The number of hydroxylamine groups is 1. The Bertz CT molecular complexity index is 192. The fourth-order valence-corrected chi connectivity index (χ4v) is 0.886. The van der Waals surface area contributed by atoms with Crippen LogP contribution in [0.1, 0.15) is 19.8 Å². The van der Waals surface area contributed by atoms with E-state index in [0.717, 1.165) is 6.42 Å². The summed E-state index contributed by atoms with van der Waals surface area (Å²) in [6, 6.07) is 0. The van der Waals surface area contributed by atoms with Gasteiger partial charge in [-0.2, -0.15) is 0 Å². The molecule has 0 aliphatic heterocycles. The minimum Gasteiger partial charge on any atom is -0.368 e. The molecule has 6 nitrogen and oxygen atoms in total. The van der Waals surface area contributed by atoms with Crippen molar-refractivity contribution in [2.75, 3.05) is 13.2 Å². The van der Waals surface area contributed by atoms with Crippen LogP contribution in [-0.4, -0.2) is 25.0 Å². The number of primary amides is 1. The Hall–Kier alpha value is -1.14. The molecule has 82 valence electrons. The molecule has 14 heavy (non-hydrogen) atoms. The Labute approximate surface area is 82.9 Å². The van der Waals surface area contributed by atoms with Crippen molar-refractivity contribution in [1.82, 2.24) is 5.48 Å². The topological polar surface area (TPSA) is 107 Å². The van der Waals surface area contributed by atoms with E-state index in [-0.39, 0.29) is 18.4 Å². The van der Waals surface area contributed by atoms with E-state index in [2.05, 4.69) is 10.3 Å². The van der Waals surface area contributed by atoms with Crippen molar-refractivity contribution in [2.24, 2.45) is 17.4 Å². The Morgan fingerprint density at radius 3 is 2.57 bits per heavy atom. The van der Waals surface area contributed by atoms with Gasteiger partial charge in [-0.3, -0.25) is 14.4 Å². The first-order valence-corrected chi connectivity index (χ1v) is 4.49. The predicted octanol–water partition coefficient (Wildman–Crippen LogP) is -1.11. The zero-order chi connectivity index (χ0) is 11.0. The smallest absolute Gasteiger partial charge is 0.246 e. The van der Waals surface area contributed by atoms with Gasteiger partial charge in [0.1, 0.15) is 0 Å². The molecule has 0 rings (SSSR count). The zero-order valence-electron chi connectivity index (χ0n) is 8.29. The number of amides is 2. The van der Waals surface area contributed by atoms with E-state index in [9.17, 15) is 9.59 Å². The van der Waals surface area contributed by atoms with Crippen LogP contribution in [0.4, 0.5) is 0 Å². The molecule has 1 unspecified atom stereocenters. The average Bonchev–Trinajstić information content (AvgIpc) is 2.13. The van der Waals surface area contributed by atoms with Gasteiger partial charge in [-0.05, 0) is 12.5 Å². The molecular weight excluding hydrogens is 186 g/mol. The summed E-state index contributed by atoms with van der Waals surface area (Å²) >= 11 is 0. The van der Waals surface area contributed by atoms with E-state index >= 15 is 0 Å². The Morgan fingerprint density at radius 2 is 2.14 bits per heavy atom. The van der Waals surface area contributed by atoms with E-state index in [4.69, 9.17) is 11.5 Å². The number of carbonyl (C=O) groups excluding carboxylic acids is 2. The lowest BCUT2D eigenvalue weighted by Gasteiger charge is -2.11. The summed E-state index contributed by atoms with van der Waals surface area (Å²) in [5.41, 5.74) is 12.3. The van der Waals surface area contributed by atoms with Gasteiger partial charge in [0.15, 0.2) is 6.61 Å². The highest BCUT2D eigenvalue weighted by Crippen LogP contribution is 2.04. The van der Waals surface area contributed by atoms with Gasteiger partial charge in [-0.1, -0.05) is 13.3 Å². The third-order valence-corrected chi connectivity index (χ3v) is 1.79. The maximum absolute atomic E-state index is 11.1. The minimum absolute atomic E-state index is 0.146. The molecule has 0 radical (unpaired) electrons. The van der Waals surface area contributed by atoms with Gasteiger partial charge in [0.05, 0.1) is 0 Å². The molecule has 0 aromatic rings. The Balaban J connectivity index is 3.59.